The molecule has 2 aliphatic rings. The lowest BCUT2D eigenvalue weighted by Crippen LogP contribution is -2.44. The zero-order valence-corrected chi connectivity index (χ0v) is 14.3. The molecule has 1 saturated heterocycles. The average molecular weight is 346 g/mol. The van der Waals surface area contributed by atoms with Crippen LogP contribution >= 0.6 is 23.7 Å². The summed E-state index contributed by atoms with van der Waals surface area (Å²) in [6.07, 6.45) is 7.56. The molecule has 124 valence electrons. The summed E-state index contributed by atoms with van der Waals surface area (Å²) < 4.78 is 5.32. The third-order valence-corrected chi connectivity index (χ3v) is 5.48. The molecule has 7 heteroatoms. The lowest BCUT2D eigenvalue weighted by Gasteiger charge is -2.26. The van der Waals surface area contributed by atoms with Crippen molar-refractivity contribution in [2.75, 3.05) is 18.5 Å². The Hall–Kier alpha value is -0.690. The van der Waals surface area contributed by atoms with Crippen LogP contribution < -0.4 is 11.1 Å². The van der Waals surface area contributed by atoms with E-state index in [1.165, 1.54) is 29.8 Å². The molecule has 1 aliphatic carbocycles. The normalized spacial score (nSPS) is 20.4. The van der Waals surface area contributed by atoms with Crippen LogP contribution in [0.15, 0.2) is 0 Å². The fourth-order valence-corrected chi connectivity index (χ4v) is 4.11. The third kappa shape index (κ3) is 4.19. The molecule has 1 aromatic heterocycles. The van der Waals surface area contributed by atoms with Crippen LogP contribution in [0.2, 0.25) is 0 Å². The number of nitrogens with zero attached hydrogens (tertiary/aromatic N) is 1. The maximum atomic E-state index is 12.3. The summed E-state index contributed by atoms with van der Waals surface area (Å²) in [7, 11) is 0. The number of nitrogens with two attached hydrogens (primary N) is 1. The van der Waals surface area contributed by atoms with Crippen molar-refractivity contribution in [2.24, 2.45) is 11.7 Å². The van der Waals surface area contributed by atoms with E-state index >= 15 is 0 Å². The van der Waals surface area contributed by atoms with E-state index < -0.39 is 6.04 Å². The number of aromatic nitrogens is 1. The van der Waals surface area contributed by atoms with Gasteiger partial charge < -0.3 is 15.8 Å². The van der Waals surface area contributed by atoms with E-state index in [-0.39, 0.29) is 24.2 Å². The van der Waals surface area contributed by atoms with Gasteiger partial charge in [-0.05, 0) is 44.4 Å². The van der Waals surface area contributed by atoms with Gasteiger partial charge in [-0.25, -0.2) is 4.98 Å². The molecule has 3 N–H and O–H groups in total. The van der Waals surface area contributed by atoms with Gasteiger partial charge in [-0.15, -0.1) is 23.7 Å². The van der Waals surface area contributed by atoms with Crippen LogP contribution in [0.5, 0.6) is 0 Å². The third-order valence-electron chi connectivity index (χ3n) is 4.40. The average Bonchev–Trinajstić information content (AvgIpc) is 2.76. The quantitative estimate of drug-likeness (QED) is 0.825. The molecule has 1 atom stereocenters. The summed E-state index contributed by atoms with van der Waals surface area (Å²) in [5.41, 5.74) is 7.27. The topological polar surface area (TPSA) is 77.2 Å². The Bertz CT molecular complexity index is 479. The van der Waals surface area contributed by atoms with Gasteiger partial charge in [-0.1, -0.05) is 6.42 Å². The van der Waals surface area contributed by atoms with Crippen LogP contribution in [0.1, 0.15) is 42.7 Å². The van der Waals surface area contributed by atoms with Crippen LogP contribution in [0.3, 0.4) is 0 Å². The van der Waals surface area contributed by atoms with Crippen LogP contribution in [-0.2, 0) is 22.4 Å². The largest absolute Gasteiger partial charge is 0.381 e. The van der Waals surface area contributed by atoms with Gasteiger partial charge in [-0.3, -0.25) is 4.79 Å². The predicted octanol–water partition coefficient (Wildman–Crippen LogP) is 2.53. The van der Waals surface area contributed by atoms with Crippen molar-refractivity contribution in [1.29, 1.82) is 0 Å². The maximum Gasteiger partial charge on any atom is 0.243 e. The maximum absolute atomic E-state index is 12.3. The molecule has 0 saturated carbocycles. The van der Waals surface area contributed by atoms with Crippen molar-refractivity contribution >= 4 is 34.8 Å². The molecule has 22 heavy (non-hydrogen) atoms. The van der Waals surface area contributed by atoms with Crippen LogP contribution in [0, 0.1) is 5.92 Å². The first-order valence-electron chi connectivity index (χ1n) is 7.87. The van der Waals surface area contributed by atoms with E-state index in [9.17, 15) is 4.79 Å². The first kappa shape index (κ1) is 17.7. The van der Waals surface area contributed by atoms with Crippen LogP contribution in [0.25, 0.3) is 0 Å². The van der Waals surface area contributed by atoms with Gasteiger partial charge in [0, 0.05) is 18.1 Å². The second kappa shape index (κ2) is 8.24. The first-order chi connectivity index (χ1) is 10.2. The Balaban J connectivity index is 0.00000176. The van der Waals surface area contributed by atoms with Crippen molar-refractivity contribution in [3.05, 3.63) is 10.6 Å². The Morgan fingerprint density at radius 1 is 1.27 bits per heavy atom. The second-order valence-electron chi connectivity index (χ2n) is 5.91. The molecule has 0 bridgehead atoms. The summed E-state index contributed by atoms with van der Waals surface area (Å²) in [6.45, 7) is 1.41. The first-order valence-corrected chi connectivity index (χ1v) is 8.68. The number of aryl methyl sites for hydroxylation is 2. The van der Waals surface area contributed by atoms with E-state index in [4.69, 9.17) is 10.5 Å². The number of carbonyl (C=O) groups excluding carboxylic acids is 1. The van der Waals surface area contributed by atoms with E-state index in [1.807, 2.05) is 0 Å². The SMILES string of the molecule is Cl.NC(C(=O)Nc1nc2c(s1)CCCCC2)C1CCOCC1. The summed E-state index contributed by atoms with van der Waals surface area (Å²) in [4.78, 5) is 18.2. The number of thiazole rings is 1. The minimum atomic E-state index is -0.461. The second-order valence-corrected chi connectivity index (χ2v) is 7.00. The summed E-state index contributed by atoms with van der Waals surface area (Å²) in [5.74, 6) is 0.113. The van der Waals surface area contributed by atoms with Gasteiger partial charge in [0.05, 0.1) is 11.7 Å². The molecule has 1 unspecified atom stereocenters. The van der Waals surface area contributed by atoms with E-state index in [1.54, 1.807) is 11.3 Å². The van der Waals surface area contributed by atoms with E-state index in [0.717, 1.165) is 30.8 Å². The van der Waals surface area contributed by atoms with Crippen molar-refractivity contribution < 1.29 is 9.53 Å². The highest BCUT2D eigenvalue weighted by Crippen LogP contribution is 2.29. The number of hydrogen-bond acceptors (Lipinski definition) is 5. The number of fused-ring (bicyclic) bond motifs is 1. The fourth-order valence-electron chi connectivity index (χ4n) is 3.06. The number of halogens is 1. The number of anilines is 1. The Kier molecular flexibility index (Phi) is 6.62. The number of nitrogens with one attached hydrogen (secondary N) is 1. The number of ether oxygens (including phenoxy) is 1. The van der Waals surface area contributed by atoms with Crippen LogP contribution in [0.4, 0.5) is 5.13 Å². The van der Waals surface area contributed by atoms with E-state index in [2.05, 4.69) is 10.3 Å². The fraction of sp³-hybridized carbons (Fsp3) is 0.733. The molecule has 0 spiro atoms. The zero-order chi connectivity index (χ0) is 14.7. The van der Waals surface area contributed by atoms with E-state index in [0.29, 0.717) is 13.2 Å². The van der Waals surface area contributed by atoms with Gasteiger partial charge in [0.2, 0.25) is 5.91 Å². The van der Waals surface area contributed by atoms with Crippen molar-refractivity contribution in [3.63, 3.8) is 0 Å². The highest BCUT2D eigenvalue weighted by molar-refractivity contribution is 7.15. The lowest BCUT2D eigenvalue weighted by molar-refractivity contribution is -0.119. The Morgan fingerprint density at radius 2 is 2.00 bits per heavy atom. The molecule has 1 amide bonds. The zero-order valence-electron chi connectivity index (χ0n) is 12.7. The van der Waals surface area contributed by atoms with Gasteiger partial charge in [0.25, 0.3) is 0 Å². The summed E-state index contributed by atoms with van der Waals surface area (Å²) >= 11 is 1.62. The smallest absolute Gasteiger partial charge is 0.243 e. The minimum absolute atomic E-state index is 0. The van der Waals surface area contributed by atoms with Crippen molar-refractivity contribution in [2.45, 2.75) is 51.0 Å². The highest BCUT2D eigenvalue weighted by Gasteiger charge is 2.27. The van der Waals surface area contributed by atoms with Crippen molar-refractivity contribution in [1.82, 2.24) is 4.98 Å². The molecular formula is C15H24ClN3O2S. The molecule has 0 aromatic carbocycles. The summed E-state index contributed by atoms with van der Waals surface area (Å²) in [5, 5.41) is 3.64. The standard InChI is InChI=1S/C15H23N3O2S.ClH/c16-13(10-6-8-20-9-7-10)14(19)18-15-17-11-4-2-1-3-5-12(11)21-15;/h10,13H,1-9,16H2,(H,17,18,19);1H. The van der Waals surface area contributed by atoms with Gasteiger partial charge in [-0.2, -0.15) is 0 Å². The minimum Gasteiger partial charge on any atom is -0.381 e. The molecule has 0 radical (unpaired) electrons. The monoisotopic (exact) mass is 345 g/mol. The summed E-state index contributed by atoms with van der Waals surface area (Å²) in [6, 6.07) is -0.461. The molecule has 5 nitrogen and oxygen atoms in total. The molecular weight excluding hydrogens is 322 g/mol. The van der Waals surface area contributed by atoms with Gasteiger partial charge in [0.15, 0.2) is 5.13 Å². The number of amides is 1. The number of rotatable bonds is 3. The number of hydrogen-bond donors (Lipinski definition) is 2. The van der Waals surface area contributed by atoms with Gasteiger partial charge >= 0.3 is 0 Å². The molecule has 1 aliphatic heterocycles. The van der Waals surface area contributed by atoms with Crippen molar-refractivity contribution in [3.8, 4) is 0 Å². The molecule has 2 heterocycles. The van der Waals surface area contributed by atoms with Crippen LogP contribution in [-0.4, -0.2) is 30.1 Å². The molecule has 3 rings (SSSR count). The Morgan fingerprint density at radius 3 is 2.77 bits per heavy atom. The predicted molar refractivity (Wildman–Crippen MR) is 90.8 cm³/mol. The van der Waals surface area contributed by atoms with Gasteiger partial charge in [0.1, 0.15) is 0 Å². The lowest BCUT2D eigenvalue weighted by atomic mass is 9.92. The highest BCUT2D eigenvalue weighted by atomic mass is 35.5. The number of carbonyl (C=O) groups is 1. The molecule has 1 aromatic rings. The Labute approximate surface area is 141 Å². The molecule has 1 fully saturated rings.